The molecule has 154 valence electrons. The quantitative estimate of drug-likeness (QED) is 0.561. The molecule has 5 nitrogen and oxygen atoms in total. The number of fused-ring (bicyclic) bond motifs is 1. The number of hydrogen-bond acceptors (Lipinski definition) is 6. The summed E-state index contributed by atoms with van der Waals surface area (Å²) in [5, 5.41) is 15.4. The first kappa shape index (κ1) is 20.9. The summed E-state index contributed by atoms with van der Waals surface area (Å²) in [4.78, 5) is 18.2. The van der Waals surface area contributed by atoms with Gasteiger partial charge in [0, 0.05) is 42.3 Å². The van der Waals surface area contributed by atoms with Crippen molar-refractivity contribution in [3.05, 3.63) is 59.5 Å². The number of para-hydroxylation sites is 1. The molecule has 7 heteroatoms. The Hall–Kier alpha value is -2.37. The van der Waals surface area contributed by atoms with Crippen LogP contribution in [-0.2, 0) is 11.3 Å². The Morgan fingerprint density at radius 3 is 2.63 bits per heavy atom. The van der Waals surface area contributed by atoms with E-state index >= 15 is 0 Å². The molecule has 0 saturated carbocycles. The molecule has 30 heavy (non-hydrogen) atoms. The van der Waals surface area contributed by atoms with Crippen LogP contribution in [-0.4, -0.2) is 54.2 Å². The third-order valence-electron chi connectivity index (χ3n) is 5.24. The Morgan fingerprint density at radius 2 is 1.80 bits per heavy atom. The number of nitrogens with zero attached hydrogens (tertiary/aromatic N) is 3. The Labute approximate surface area is 185 Å². The van der Waals surface area contributed by atoms with Crippen molar-refractivity contribution in [3.8, 4) is 6.07 Å². The Morgan fingerprint density at radius 1 is 1.07 bits per heavy atom. The summed E-state index contributed by atoms with van der Waals surface area (Å²) in [6, 6.07) is 18.4. The van der Waals surface area contributed by atoms with Crippen LogP contribution in [0.25, 0.3) is 10.1 Å². The van der Waals surface area contributed by atoms with Crippen molar-refractivity contribution < 1.29 is 4.79 Å². The second-order valence-electron chi connectivity index (χ2n) is 7.30. The summed E-state index contributed by atoms with van der Waals surface area (Å²) in [6.07, 6.45) is 0. The average molecular weight is 437 g/mol. The molecule has 2 aromatic carbocycles. The molecular formula is C23H24N4OS2. The number of benzene rings is 2. The van der Waals surface area contributed by atoms with Gasteiger partial charge in [-0.05, 0) is 34.5 Å². The van der Waals surface area contributed by atoms with Crippen molar-refractivity contribution >= 4 is 44.8 Å². The number of thiophene rings is 1. The van der Waals surface area contributed by atoms with E-state index in [4.69, 9.17) is 5.26 Å². The highest BCUT2D eigenvalue weighted by molar-refractivity contribution is 7.99. The minimum absolute atomic E-state index is 0.00251. The first-order valence-corrected chi connectivity index (χ1v) is 11.9. The van der Waals surface area contributed by atoms with E-state index in [1.165, 1.54) is 27.4 Å². The molecule has 0 aliphatic carbocycles. The summed E-state index contributed by atoms with van der Waals surface area (Å²) < 4.78 is 1.34. The van der Waals surface area contributed by atoms with Crippen LogP contribution >= 0.6 is 23.1 Å². The highest BCUT2D eigenvalue weighted by Crippen LogP contribution is 2.28. The van der Waals surface area contributed by atoms with Crippen LogP contribution in [0.1, 0.15) is 5.56 Å². The fourth-order valence-electron chi connectivity index (χ4n) is 3.70. The Balaban J connectivity index is 1.27. The van der Waals surface area contributed by atoms with Crippen LogP contribution in [0.5, 0.6) is 0 Å². The molecular weight excluding hydrogens is 412 g/mol. The molecule has 3 aromatic rings. The number of piperazine rings is 1. The van der Waals surface area contributed by atoms with Gasteiger partial charge >= 0.3 is 0 Å². The number of carbonyl (C=O) groups is 1. The van der Waals surface area contributed by atoms with Gasteiger partial charge in [0.25, 0.3) is 0 Å². The number of nitrogens with one attached hydrogen (secondary N) is 1. The molecule has 0 radical (unpaired) electrons. The zero-order valence-corrected chi connectivity index (χ0v) is 18.3. The second kappa shape index (κ2) is 10.1. The van der Waals surface area contributed by atoms with E-state index in [2.05, 4.69) is 50.8 Å². The Kier molecular flexibility index (Phi) is 7.03. The third-order valence-corrected chi connectivity index (χ3v) is 7.19. The fourth-order valence-corrected chi connectivity index (χ4v) is 5.32. The number of nitriles is 1. The van der Waals surface area contributed by atoms with Crippen molar-refractivity contribution in [3.63, 3.8) is 0 Å². The van der Waals surface area contributed by atoms with Crippen LogP contribution in [0.2, 0.25) is 0 Å². The van der Waals surface area contributed by atoms with Crippen LogP contribution in [0.3, 0.4) is 0 Å². The van der Waals surface area contributed by atoms with Gasteiger partial charge in [0.1, 0.15) is 0 Å². The van der Waals surface area contributed by atoms with E-state index in [1.54, 1.807) is 0 Å². The number of carbonyl (C=O) groups excluding carboxylic acids is 1. The maximum absolute atomic E-state index is 12.6. The van der Waals surface area contributed by atoms with Gasteiger partial charge in [-0.2, -0.15) is 5.26 Å². The molecule has 0 unspecified atom stereocenters. The number of hydrogen-bond donors (Lipinski definition) is 1. The molecule has 1 aliphatic heterocycles. The zero-order chi connectivity index (χ0) is 20.8. The van der Waals surface area contributed by atoms with Gasteiger partial charge in [-0.15, -0.1) is 23.1 Å². The molecule has 0 atom stereocenters. The second-order valence-corrected chi connectivity index (χ2v) is 9.23. The molecule has 1 aromatic heterocycles. The van der Waals surface area contributed by atoms with Gasteiger partial charge in [-0.1, -0.05) is 30.3 Å². The average Bonchev–Trinajstić information content (AvgIpc) is 3.17. The normalized spacial score (nSPS) is 15.2. The highest BCUT2D eigenvalue weighted by atomic mass is 32.2. The monoisotopic (exact) mass is 436 g/mol. The number of amides is 1. The van der Waals surface area contributed by atoms with E-state index in [-0.39, 0.29) is 5.91 Å². The van der Waals surface area contributed by atoms with Gasteiger partial charge in [0.15, 0.2) is 0 Å². The van der Waals surface area contributed by atoms with Gasteiger partial charge in [-0.25, -0.2) is 0 Å². The summed E-state index contributed by atoms with van der Waals surface area (Å²) in [5.74, 6) is 0.367. The van der Waals surface area contributed by atoms with E-state index in [1.807, 2.05) is 35.6 Å². The van der Waals surface area contributed by atoms with Gasteiger partial charge in [0.2, 0.25) is 5.91 Å². The summed E-state index contributed by atoms with van der Waals surface area (Å²) in [5.41, 5.74) is 2.18. The third kappa shape index (κ3) is 5.21. The minimum Gasteiger partial charge on any atom is -0.324 e. The Bertz CT molecular complexity index is 1050. The zero-order valence-electron chi connectivity index (χ0n) is 16.7. The van der Waals surface area contributed by atoms with Crippen LogP contribution < -0.4 is 5.32 Å². The van der Waals surface area contributed by atoms with Crippen molar-refractivity contribution in [2.24, 2.45) is 0 Å². The first-order chi connectivity index (χ1) is 14.7. The maximum Gasteiger partial charge on any atom is 0.238 e. The predicted octanol–water partition coefficient (Wildman–Crippen LogP) is 4.27. The lowest BCUT2D eigenvalue weighted by atomic mass is 10.1. The van der Waals surface area contributed by atoms with Crippen LogP contribution in [0, 0.1) is 11.3 Å². The standard InChI is InChI=1S/C23H24N4OS2/c24-9-14-29-22-8-4-2-6-20(22)25-23(28)16-27-12-10-26(11-13-27)15-18-17-30-21-7-3-1-5-19(18)21/h1-8,17H,10-16H2,(H,25,28). The SMILES string of the molecule is N#CCSc1ccccc1NC(=O)CN1CCN(Cc2csc3ccccc23)CC1. The smallest absolute Gasteiger partial charge is 0.238 e. The molecule has 0 spiro atoms. The molecule has 4 rings (SSSR count). The molecule has 1 N–H and O–H groups in total. The van der Waals surface area contributed by atoms with E-state index in [9.17, 15) is 4.79 Å². The van der Waals surface area contributed by atoms with E-state index in [0.29, 0.717) is 12.3 Å². The van der Waals surface area contributed by atoms with E-state index in [0.717, 1.165) is 43.3 Å². The highest BCUT2D eigenvalue weighted by Gasteiger charge is 2.20. The van der Waals surface area contributed by atoms with Gasteiger partial charge in [-0.3, -0.25) is 14.6 Å². The molecule has 1 aliphatic rings. The molecule has 1 amide bonds. The van der Waals surface area contributed by atoms with Crippen molar-refractivity contribution in [2.45, 2.75) is 11.4 Å². The van der Waals surface area contributed by atoms with Crippen LogP contribution in [0.15, 0.2) is 58.8 Å². The summed E-state index contributed by atoms with van der Waals surface area (Å²) >= 11 is 3.25. The number of thioether (sulfide) groups is 1. The van der Waals surface area contributed by atoms with Crippen molar-refractivity contribution in [1.82, 2.24) is 9.80 Å². The van der Waals surface area contributed by atoms with Crippen molar-refractivity contribution in [1.29, 1.82) is 5.26 Å². The van der Waals surface area contributed by atoms with Crippen LogP contribution in [0.4, 0.5) is 5.69 Å². The molecule has 2 heterocycles. The van der Waals surface area contributed by atoms with Crippen molar-refractivity contribution in [2.75, 3.05) is 43.8 Å². The summed E-state index contributed by atoms with van der Waals surface area (Å²) in [6.45, 7) is 5.07. The maximum atomic E-state index is 12.6. The molecule has 1 saturated heterocycles. The minimum atomic E-state index is -0.00251. The lowest BCUT2D eigenvalue weighted by molar-refractivity contribution is -0.117. The van der Waals surface area contributed by atoms with Gasteiger partial charge in [0.05, 0.1) is 24.1 Å². The summed E-state index contributed by atoms with van der Waals surface area (Å²) in [7, 11) is 0. The number of anilines is 1. The predicted molar refractivity (Wildman–Crippen MR) is 125 cm³/mol. The first-order valence-electron chi connectivity index (χ1n) is 10.0. The fraction of sp³-hybridized carbons (Fsp3) is 0.304. The van der Waals surface area contributed by atoms with E-state index < -0.39 is 0 Å². The topological polar surface area (TPSA) is 59.4 Å². The largest absolute Gasteiger partial charge is 0.324 e. The molecule has 0 bridgehead atoms. The lowest BCUT2D eigenvalue weighted by Crippen LogP contribution is -2.48. The van der Waals surface area contributed by atoms with Gasteiger partial charge < -0.3 is 5.32 Å². The number of rotatable bonds is 7. The lowest BCUT2D eigenvalue weighted by Gasteiger charge is -2.34. The molecule has 1 fully saturated rings.